The largest absolute Gasteiger partial charge is 0.497 e. The van der Waals surface area contributed by atoms with Crippen molar-refractivity contribution in [3.63, 3.8) is 0 Å². The molecule has 2 N–H and O–H groups in total. The topological polar surface area (TPSA) is 87.7 Å². The number of carbonyl (C=O) groups excluding carboxylic acids is 1. The third-order valence-corrected chi connectivity index (χ3v) is 7.03. The highest BCUT2D eigenvalue weighted by Crippen LogP contribution is 2.32. The van der Waals surface area contributed by atoms with Gasteiger partial charge in [-0.15, -0.1) is 0 Å². The molecule has 1 saturated heterocycles. The first-order chi connectivity index (χ1) is 14.8. The highest BCUT2D eigenvalue weighted by atomic mass is 32.2. The smallest absolute Gasteiger partial charge is 0.264 e. The summed E-state index contributed by atoms with van der Waals surface area (Å²) in [6, 6.07) is 11.8. The fraction of sp³-hybridized carbons (Fsp3) is 0.435. The van der Waals surface area contributed by atoms with Gasteiger partial charge in [0.15, 0.2) is 0 Å². The third-order valence-electron chi connectivity index (χ3n) is 5.62. The van der Waals surface area contributed by atoms with Gasteiger partial charge in [-0.25, -0.2) is 8.42 Å². The predicted molar refractivity (Wildman–Crippen MR) is 124 cm³/mol. The molecule has 168 valence electrons. The number of anilines is 3. The molecule has 2 aromatic rings. The Balaban J connectivity index is 1.96. The number of benzene rings is 2. The predicted octanol–water partition coefficient (Wildman–Crippen LogP) is 4.47. The quantitative estimate of drug-likeness (QED) is 0.626. The zero-order chi connectivity index (χ0) is 22.4. The van der Waals surface area contributed by atoms with Crippen LogP contribution >= 0.6 is 0 Å². The highest BCUT2D eigenvalue weighted by Gasteiger charge is 2.24. The van der Waals surface area contributed by atoms with Crippen molar-refractivity contribution in [2.24, 2.45) is 5.92 Å². The van der Waals surface area contributed by atoms with Crippen LogP contribution in [-0.4, -0.2) is 34.5 Å². The molecule has 0 aromatic heterocycles. The van der Waals surface area contributed by atoms with Crippen molar-refractivity contribution in [1.82, 2.24) is 0 Å². The molecule has 1 amide bonds. The van der Waals surface area contributed by atoms with E-state index < -0.39 is 10.0 Å². The van der Waals surface area contributed by atoms with Crippen molar-refractivity contribution in [3.8, 4) is 5.75 Å². The first kappa shape index (κ1) is 22.9. The minimum atomic E-state index is -3.88. The van der Waals surface area contributed by atoms with Gasteiger partial charge in [0.2, 0.25) is 5.91 Å². The van der Waals surface area contributed by atoms with Gasteiger partial charge in [0.1, 0.15) is 10.6 Å². The maximum Gasteiger partial charge on any atom is 0.264 e. The molecular weight excluding hydrogens is 414 g/mol. The fourth-order valence-corrected chi connectivity index (χ4v) is 4.83. The Hall–Kier alpha value is -2.74. The molecule has 31 heavy (non-hydrogen) atoms. The van der Waals surface area contributed by atoms with Crippen LogP contribution in [0, 0.1) is 5.92 Å². The van der Waals surface area contributed by atoms with E-state index in [-0.39, 0.29) is 16.7 Å². The summed E-state index contributed by atoms with van der Waals surface area (Å²) >= 11 is 0. The minimum Gasteiger partial charge on any atom is -0.497 e. The van der Waals surface area contributed by atoms with Crippen molar-refractivity contribution >= 4 is 33.0 Å². The molecule has 0 saturated carbocycles. The lowest BCUT2D eigenvalue weighted by Gasteiger charge is -2.30. The Morgan fingerprint density at radius 3 is 2.32 bits per heavy atom. The Kier molecular flexibility index (Phi) is 7.43. The molecule has 1 atom stereocenters. The van der Waals surface area contributed by atoms with Gasteiger partial charge in [0, 0.05) is 30.4 Å². The van der Waals surface area contributed by atoms with Gasteiger partial charge in [-0.1, -0.05) is 13.8 Å². The molecule has 1 aliphatic heterocycles. The lowest BCUT2D eigenvalue weighted by molar-refractivity contribution is -0.119. The van der Waals surface area contributed by atoms with Gasteiger partial charge in [-0.05, 0) is 68.1 Å². The van der Waals surface area contributed by atoms with Crippen LogP contribution in [-0.2, 0) is 14.8 Å². The average Bonchev–Trinajstić information content (AvgIpc) is 2.79. The van der Waals surface area contributed by atoms with E-state index in [2.05, 4.69) is 14.9 Å². The standard InChI is InChI=1S/C23H31N3O4S/c1-4-17(2)23(27)24-19-10-13-21(26-14-6-5-7-15-26)22(16-19)31(28,29)25-18-8-11-20(30-3)12-9-18/h8-13,16-17,25H,4-7,14-15H2,1-3H3,(H,24,27). The summed E-state index contributed by atoms with van der Waals surface area (Å²) in [5, 5.41) is 2.85. The van der Waals surface area contributed by atoms with Gasteiger partial charge in [-0.3, -0.25) is 9.52 Å². The van der Waals surface area contributed by atoms with Crippen LogP contribution in [0.4, 0.5) is 17.1 Å². The van der Waals surface area contributed by atoms with E-state index in [0.717, 1.165) is 32.4 Å². The molecule has 1 aliphatic rings. The monoisotopic (exact) mass is 445 g/mol. The Morgan fingerprint density at radius 1 is 1.06 bits per heavy atom. The fourth-order valence-electron chi connectivity index (χ4n) is 3.52. The number of rotatable bonds is 8. The summed E-state index contributed by atoms with van der Waals surface area (Å²) < 4.78 is 34.5. The lowest BCUT2D eigenvalue weighted by Crippen LogP contribution is -2.31. The molecule has 0 bridgehead atoms. The van der Waals surface area contributed by atoms with Gasteiger partial charge < -0.3 is 15.0 Å². The summed E-state index contributed by atoms with van der Waals surface area (Å²) in [6.07, 6.45) is 3.91. The molecular formula is C23H31N3O4S. The van der Waals surface area contributed by atoms with Crippen molar-refractivity contribution in [3.05, 3.63) is 42.5 Å². The molecule has 7 nitrogen and oxygen atoms in total. The van der Waals surface area contributed by atoms with E-state index in [1.807, 2.05) is 13.8 Å². The molecule has 8 heteroatoms. The summed E-state index contributed by atoms with van der Waals surface area (Å²) in [7, 11) is -2.32. The zero-order valence-corrected chi connectivity index (χ0v) is 19.2. The number of carbonyl (C=O) groups is 1. The molecule has 1 fully saturated rings. The Labute approximate surface area is 184 Å². The van der Waals surface area contributed by atoms with Crippen LogP contribution in [0.3, 0.4) is 0 Å². The molecule has 0 spiro atoms. The van der Waals surface area contributed by atoms with Crippen LogP contribution in [0.1, 0.15) is 39.5 Å². The maximum absolute atomic E-state index is 13.4. The summed E-state index contributed by atoms with van der Waals surface area (Å²) in [5.74, 6) is 0.366. The van der Waals surface area contributed by atoms with Crippen molar-refractivity contribution in [2.45, 2.75) is 44.4 Å². The normalized spacial score (nSPS) is 15.3. The van der Waals surface area contributed by atoms with Gasteiger partial charge in [0.25, 0.3) is 10.0 Å². The number of hydrogen-bond donors (Lipinski definition) is 2. The second kappa shape index (κ2) is 10.0. The summed E-state index contributed by atoms with van der Waals surface area (Å²) in [4.78, 5) is 14.6. The van der Waals surface area contributed by atoms with Crippen molar-refractivity contribution in [2.75, 3.05) is 35.1 Å². The second-order valence-corrected chi connectivity index (χ2v) is 9.51. The lowest BCUT2D eigenvalue weighted by atomic mass is 10.1. The number of amides is 1. The highest BCUT2D eigenvalue weighted by molar-refractivity contribution is 7.92. The first-order valence-electron chi connectivity index (χ1n) is 10.7. The van der Waals surface area contributed by atoms with Gasteiger partial charge >= 0.3 is 0 Å². The van der Waals surface area contributed by atoms with Crippen LogP contribution in [0.5, 0.6) is 5.75 Å². The number of nitrogens with one attached hydrogen (secondary N) is 2. The van der Waals surface area contributed by atoms with E-state index in [0.29, 0.717) is 29.2 Å². The van der Waals surface area contributed by atoms with E-state index in [1.54, 1.807) is 49.6 Å². The molecule has 3 rings (SSSR count). The molecule has 1 heterocycles. The van der Waals surface area contributed by atoms with Crippen LogP contribution in [0.15, 0.2) is 47.4 Å². The zero-order valence-electron chi connectivity index (χ0n) is 18.3. The number of piperidine rings is 1. The Morgan fingerprint density at radius 2 is 1.71 bits per heavy atom. The van der Waals surface area contributed by atoms with Crippen LogP contribution < -0.4 is 19.7 Å². The summed E-state index contributed by atoms with van der Waals surface area (Å²) in [6.45, 7) is 5.41. The second-order valence-electron chi connectivity index (χ2n) is 7.86. The number of hydrogen-bond acceptors (Lipinski definition) is 5. The maximum atomic E-state index is 13.4. The number of sulfonamides is 1. The summed E-state index contributed by atoms with van der Waals surface area (Å²) in [5.41, 5.74) is 1.57. The van der Waals surface area contributed by atoms with E-state index >= 15 is 0 Å². The van der Waals surface area contributed by atoms with E-state index in [9.17, 15) is 13.2 Å². The molecule has 1 unspecified atom stereocenters. The van der Waals surface area contributed by atoms with Gasteiger partial charge in [0.05, 0.1) is 12.8 Å². The van der Waals surface area contributed by atoms with Crippen LogP contribution in [0.25, 0.3) is 0 Å². The molecule has 0 radical (unpaired) electrons. The van der Waals surface area contributed by atoms with Crippen LogP contribution in [0.2, 0.25) is 0 Å². The SMILES string of the molecule is CCC(C)C(=O)Nc1ccc(N2CCCCC2)c(S(=O)(=O)Nc2ccc(OC)cc2)c1. The van der Waals surface area contributed by atoms with Crippen molar-refractivity contribution < 1.29 is 17.9 Å². The molecule has 0 aliphatic carbocycles. The Bertz CT molecular complexity index is 1000. The third kappa shape index (κ3) is 5.70. The van der Waals surface area contributed by atoms with Crippen molar-refractivity contribution in [1.29, 1.82) is 0 Å². The molecule has 2 aromatic carbocycles. The first-order valence-corrected chi connectivity index (χ1v) is 12.2. The number of nitrogens with zero attached hydrogens (tertiary/aromatic N) is 1. The van der Waals surface area contributed by atoms with E-state index in [1.165, 1.54) is 0 Å². The number of methoxy groups -OCH3 is 1. The minimum absolute atomic E-state index is 0.125. The van der Waals surface area contributed by atoms with E-state index in [4.69, 9.17) is 4.74 Å². The number of ether oxygens (including phenoxy) is 1. The average molecular weight is 446 g/mol. The van der Waals surface area contributed by atoms with Gasteiger partial charge in [-0.2, -0.15) is 0 Å².